The van der Waals surface area contributed by atoms with E-state index in [1.54, 1.807) is 11.3 Å². The topological polar surface area (TPSA) is 92.9 Å². The summed E-state index contributed by atoms with van der Waals surface area (Å²) in [6.45, 7) is 6.70. The van der Waals surface area contributed by atoms with Gasteiger partial charge in [0.2, 0.25) is 11.9 Å². The number of fused-ring (bicyclic) bond motifs is 1. The maximum atomic E-state index is 11.0. The van der Waals surface area contributed by atoms with Crippen molar-refractivity contribution in [3.8, 4) is 0 Å². The van der Waals surface area contributed by atoms with E-state index in [0.717, 1.165) is 22.6 Å². The summed E-state index contributed by atoms with van der Waals surface area (Å²) in [5, 5.41) is 7.34. The molecule has 0 aliphatic carbocycles. The largest absolute Gasteiger partial charge is 0.370 e. The first kappa shape index (κ1) is 14.5. The van der Waals surface area contributed by atoms with E-state index in [1.165, 1.54) is 4.88 Å². The quantitative estimate of drug-likeness (QED) is 0.758. The van der Waals surface area contributed by atoms with Gasteiger partial charge in [-0.3, -0.25) is 4.79 Å². The first-order chi connectivity index (χ1) is 9.49. The van der Waals surface area contributed by atoms with Crippen molar-refractivity contribution in [2.45, 2.75) is 33.2 Å². The summed E-state index contributed by atoms with van der Waals surface area (Å²) in [5.74, 6) is 1.00. The Balaban J connectivity index is 2.35. The average Bonchev–Trinajstić information content (AvgIpc) is 2.69. The molecule has 1 atom stereocenters. The molecule has 20 heavy (non-hydrogen) atoms. The molecular weight excluding hydrogens is 274 g/mol. The molecule has 2 rings (SSSR count). The zero-order valence-corrected chi connectivity index (χ0v) is 12.7. The van der Waals surface area contributed by atoms with E-state index in [9.17, 15) is 4.79 Å². The number of hydrogen-bond acceptors (Lipinski definition) is 6. The minimum atomic E-state index is -0.330. The Morgan fingerprint density at radius 2 is 2.25 bits per heavy atom. The molecule has 1 unspecified atom stereocenters. The van der Waals surface area contributed by atoms with Crippen LogP contribution in [0.15, 0.2) is 6.07 Å². The highest BCUT2D eigenvalue weighted by molar-refractivity contribution is 7.18. The standard InChI is InChI=1S/C13H19N5OS/c1-4-15-13-17-11(16-7(2)5-10(14)19)9-6-8(3)20-12(9)18-13/h6-7H,4-5H2,1-3H3,(H2,14,19)(H2,15,16,17,18). The predicted molar refractivity (Wildman–Crippen MR) is 83.2 cm³/mol. The molecule has 0 saturated heterocycles. The van der Waals surface area contributed by atoms with Gasteiger partial charge in [0.25, 0.3) is 0 Å². The number of nitrogens with two attached hydrogens (primary N) is 1. The van der Waals surface area contributed by atoms with Crippen molar-refractivity contribution in [1.29, 1.82) is 0 Å². The zero-order valence-electron chi connectivity index (χ0n) is 11.9. The first-order valence-electron chi connectivity index (χ1n) is 6.56. The minimum Gasteiger partial charge on any atom is -0.370 e. The number of nitrogens with one attached hydrogen (secondary N) is 2. The zero-order chi connectivity index (χ0) is 14.7. The number of aryl methyl sites for hydroxylation is 1. The number of thiophene rings is 1. The van der Waals surface area contributed by atoms with E-state index in [2.05, 4.69) is 26.7 Å². The number of anilines is 2. The maximum Gasteiger partial charge on any atom is 0.226 e. The van der Waals surface area contributed by atoms with E-state index in [4.69, 9.17) is 5.73 Å². The van der Waals surface area contributed by atoms with Crippen molar-refractivity contribution in [2.75, 3.05) is 17.2 Å². The molecule has 1 amide bonds. The highest BCUT2D eigenvalue weighted by Gasteiger charge is 2.13. The lowest BCUT2D eigenvalue weighted by Gasteiger charge is -2.14. The third-order valence-electron chi connectivity index (χ3n) is 2.74. The third-order valence-corrected chi connectivity index (χ3v) is 3.69. The number of amides is 1. The van der Waals surface area contributed by atoms with Crippen LogP contribution in [-0.4, -0.2) is 28.5 Å². The van der Waals surface area contributed by atoms with Crippen molar-refractivity contribution in [3.63, 3.8) is 0 Å². The van der Waals surface area contributed by atoms with Crippen LogP contribution in [0.1, 0.15) is 25.1 Å². The Labute approximate surface area is 121 Å². The highest BCUT2D eigenvalue weighted by Crippen LogP contribution is 2.30. The Morgan fingerprint density at radius 1 is 1.50 bits per heavy atom. The molecule has 2 aromatic rings. The van der Waals surface area contributed by atoms with Crippen molar-refractivity contribution in [2.24, 2.45) is 5.73 Å². The second kappa shape index (κ2) is 6.04. The lowest BCUT2D eigenvalue weighted by molar-refractivity contribution is -0.118. The molecule has 2 aromatic heterocycles. The molecule has 6 nitrogen and oxygen atoms in total. The first-order valence-corrected chi connectivity index (χ1v) is 7.38. The number of primary amides is 1. The Kier molecular flexibility index (Phi) is 4.39. The fraction of sp³-hybridized carbons (Fsp3) is 0.462. The van der Waals surface area contributed by atoms with Gasteiger partial charge in [0.1, 0.15) is 10.6 Å². The van der Waals surface area contributed by atoms with Gasteiger partial charge in [-0.25, -0.2) is 4.98 Å². The summed E-state index contributed by atoms with van der Waals surface area (Å²) in [7, 11) is 0. The summed E-state index contributed by atoms with van der Waals surface area (Å²) in [4.78, 5) is 22.0. The molecule has 2 heterocycles. The van der Waals surface area contributed by atoms with Crippen LogP contribution in [-0.2, 0) is 4.79 Å². The van der Waals surface area contributed by atoms with Crippen LogP contribution in [0.4, 0.5) is 11.8 Å². The molecule has 0 radical (unpaired) electrons. The molecule has 4 N–H and O–H groups in total. The maximum absolute atomic E-state index is 11.0. The molecular formula is C13H19N5OS. The van der Waals surface area contributed by atoms with Gasteiger partial charge in [-0.15, -0.1) is 11.3 Å². The molecule has 0 saturated carbocycles. The number of carbonyl (C=O) groups is 1. The number of aromatic nitrogens is 2. The van der Waals surface area contributed by atoms with Gasteiger partial charge in [-0.2, -0.15) is 4.98 Å². The lowest BCUT2D eigenvalue weighted by Crippen LogP contribution is -2.24. The van der Waals surface area contributed by atoms with Crippen molar-refractivity contribution < 1.29 is 4.79 Å². The van der Waals surface area contributed by atoms with Crippen LogP contribution in [0.5, 0.6) is 0 Å². The number of carbonyl (C=O) groups excluding carboxylic acids is 1. The Hall–Kier alpha value is -1.89. The number of hydrogen-bond donors (Lipinski definition) is 3. The SMILES string of the molecule is CCNc1nc(NC(C)CC(N)=O)c2cc(C)sc2n1. The number of nitrogens with zero attached hydrogens (tertiary/aromatic N) is 2. The highest BCUT2D eigenvalue weighted by atomic mass is 32.1. The molecule has 0 fully saturated rings. The van der Waals surface area contributed by atoms with Crippen molar-refractivity contribution in [1.82, 2.24) is 9.97 Å². The van der Waals surface area contributed by atoms with Gasteiger partial charge in [0.05, 0.1) is 5.39 Å². The fourth-order valence-corrected chi connectivity index (χ4v) is 2.85. The molecule has 108 valence electrons. The van der Waals surface area contributed by atoms with Crippen LogP contribution in [0.2, 0.25) is 0 Å². The smallest absolute Gasteiger partial charge is 0.226 e. The van der Waals surface area contributed by atoms with E-state index >= 15 is 0 Å². The van der Waals surface area contributed by atoms with Crippen LogP contribution >= 0.6 is 11.3 Å². The average molecular weight is 293 g/mol. The summed E-state index contributed by atoms with van der Waals surface area (Å²) >= 11 is 1.62. The summed E-state index contributed by atoms with van der Waals surface area (Å²) in [6, 6.07) is 1.98. The lowest BCUT2D eigenvalue weighted by atomic mass is 10.2. The Bertz CT molecular complexity index is 624. The fourth-order valence-electron chi connectivity index (χ4n) is 1.98. The van der Waals surface area contributed by atoms with Crippen LogP contribution in [0, 0.1) is 6.92 Å². The van der Waals surface area contributed by atoms with Crippen LogP contribution in [0.3, 0.4) is 0 Å². The summed E-state index contributed by atoms with van der Waals surface area (Å²) in [6.07, 6.45) is 0.269. The summed E-state index contributed by atoms with van der Waals surface area (Å²) in [5.41, 5.74) is 5.22. The second-order valence-electron chi connectivity index (χ2n) is 4.72. The van der Waals surface area contributed by atoms with Crippen molar-refractivity contribution >= 4 is 39.2 Å². The van der Waals surface area contributed by atoms with E-state index in [1.807, 2.05) is 20.8 Å². The van der Waals surface area contributed by atoms with Gasteiger partial charge in [0, 0.05) is 23.9 Å². The van der Waals surface area contributed by atoms with E-state index < -0.39 is 0 Å². The minimum absolute atomic E-state index is 0.0692. The van der Waals surface area contributed by atoms with E-state index in [0.29, 0.717) is 5.95 Å². The van der Waals surface area contributed by atoms with Crippen LogP contribution in [0.25, 0.3) is 10.2 Å². The molecule has 7 heteroatoms. The molecule has 0 aliphatic heterocycles. The summed E-state index contributed by atoms with van der Waals surface area (Å²) < 4.78 is 0. The monoisotopic (exact) mass is 293 g/mol. The van der Waals surface area contributed by atoms with E-state index in [-0.39, 0.29) is 18.4 Å². The van der Waals surface area contributed by atoms with Crippen molar-refractivity contribution in [3.05, 3.63) is 10.9 Å². The molecule has 0 spiro atoms. The third kappa shape index (κ3) is 3.36. The normalized spacial score (nSPS) is 12.3. The van der Waals surface area contributed by atoms with Gasteiger partial charge in [0.15, 0.2) is 0 Å². The molecule has 0 aliphatic rings. The van der Waals surface area contributed by atoms with Gasteiger partial charge in [-0.1, -0.05) is 0 Å². The van der Waals surface area contributed by atoms with Gasteiger partial charge in [-0.05, 0) is 26.8 Å². The van der Waals surface area contributed by atoms with Gasteiger partial charge >= 0.3 is 0 Å². The predicted octanol–water partition coefficient (Wildman–Crippen LogP) is 2.11. The van der Waals surface area contributed by atoms with Gasteiger partial charge < -0.3 is 16.4 Å². The van der Waals surface area contributed by atoms with Crippen LogP contribution < -0.4 is 16.4 Å². The molecule has 0 bridgehead atoms. The second-order valence-corrected chi connectivity index (χ2v) is 5.95. The molecule has 0 aromatic carbocycles. The Morgan fingerprint density at radius 3 is 2.90 bits per heavy atom. The number of rotatable bonds is 6.